The molecule has 0 unspecified atom stereocenters. The van der Waals surface area contributed by atoms with Gasteiger partial charge in [-0.2, -0.15) is 5.10 Å². The molecule has 2 nitrogen and oxygen atoms in total. The van der Waals surface area contributed by atoms with Crippen LogP contribution in [0.4, 0.5) is 4.39 Å². The quantitative estimate of drug-likeness (QED) is 0.532. The summed E-state index contributed by atoms with van der Waals surface area (Å²) < 4.78 is 14.5. The maximum absolute atomic E-state index is 12.7. The molecular formula is C7H9FN2. The van der Waals surface area contributed by atoms with Gasteiger partial charge in [0, 0.05) is 6.54 Å². The lowest BCUT2D eigenvalue weighted by Crippen LogP contribution is -2.11. The Morgan fingerprint density at radius 1 is 1.50 bits per heavy atom. The van der Waals surface area contributed by atoms with Crippen molar-refractivity contribution in [2.45, 2.75) is 25.8 Å². The molecule has 2 rings (SSSR count). The molecule has 1 aliphatic heterocycles. The zero-order valence-electron chi connectivity index (χ0n) is 5.68. The zero-order valence-corrected chi connectivity index (χ0v) is 5.68. The summed E-state index contributed by atoms with van der Waals surface area (Å²) in [6, 6.07) is 0. The van der Waals surface area contributed by atoms with Crippen LogP contribution in [-0.4, -0.2) is 9.78 Å². The van der Waals surface area contributed by atoms with E-state index in [0.29, 0.717) is 0 Å². The van der Waals surface area contributed by atoms with Gasteiger partial charge in [-0.1, -0.05) is 0 Å². The highest BCUT2D eigenvalue weighted by Gasteiger charge is 2.13. The van der Waals surface area contributed by atoms with E-state index in [-0.39, 0.29) is 5.82 Å². The first kappa shape index (κ1) is 5.89. The number of aromatic nitrogens is 2. The molecule has 1 aliphatic rings. The molecule has 2 heterocycles. The van der Waals surface area contributed by atoms with E-state index in [0.717, 1.165) is 31.5 Å². The van der Waals surface area contributed by atoms with Gasteiger partial charge < -0.3 is 0 Å². The van der Waals surface area contributed by atoms with Crippen molar-refractivity contribution >= 4 is 0 Å². The van der Waals surface area contributed by atoms with Gasteiger partial charge in [0.05, 0.1) is 11.9 Å². The average Bonchev–Trinajstić information content (AvgIpc) is 2.34. The van der Waals surface area contributed by atoms with Gasteiger partial charge >= 0.3 is 0 Å². The zero-order chi connectivity index (χ0) is 6.97. The fourth-order valence-corrected chi connectivity index (χ4v) is 1.38. The molecule has 3 heteroatoms. The molecule has 10 heavy (non-hydrogen) atoms. The normalized spacial score (nSPS) is 16.9. The first-order valence-electron chi connectivity index (χ1n) is 3.58. The molecule has 0 spiro atoms. The van der Waals surface area contributed by atoms with Crippen molar-refractivity contribution in [1.29, 1.82) is 0 Å². The van der Waals surface area contributed by atoms with E-state index in [1.165, 1.54) is 6.20 Å². The van der Waals surface area contributed by atoms with Gasteiger partial charge in [-0.15, -0.1) is 0 Å². The standard InChI is InChI=1S/C7H9FN2/c8-6-5-9-10-4-2-1-3-7(6)10/h5H,1-4H2. The second-order valence-corrected chi connectivity index (χ2v) is 2.62. The molecule has 0 fully saturated rings. The van der Waals surface area contributed by atoms with Crippen LogP contribution in [0.15, 0.2) is 6.20 Å². The smallest absolute Gasteiger partial charge is 0.164 e. The number of rotatable bonds is 0. The summed E-state index contributed by atoms with van der Waals surface area (Å²) >= 11 is 0. The molecule has 0 atom stereocenters. The lowest BCUT2D eigenvalue weighted by molar-refractivity contribution is 0.470. The number of hydrogen-bond donors (Lipinski definition) is 0. The lowest BCUT2D eigenvalue weighted by atomic mass is 10.1. The Kier molecular flexibility index (Phi) is 1.22. The van der Waals surface area contributed by atoms with Crippen molar-refractivity contribution in [2.75, 3.05) is 0 Å². The molecule has 0 radical (unpaired) electrons. The van der Waals surface area contributed by atoms with Crippen LogP contribution in [0.2, 0.25) is 0 Å². The Hall–Kier alpha value is -0.860. The Morgan fingerprint density at radius 2 is 2.40 bits per heavy atom. The van der Waals surface area contributed by atoms with Crippen molar-refractivity contribution < 1.29 is 4.39 Å². The first-order valence-corrected chi connectivity index (χ1v) is 3.58. The summed E-state index contributed by atoms with van der Waals surface area (Å²) in [5, 5.41) is 3.90. The SMILES string of the molecule is Fc1cnn2c1CCCC2. The molecule has 1 aromatic rings. The van der Waals surface area contributed by atoms with E-state index < -0.39 is 0 Å². The Bertz CT molecular complexity index is 242. The summed E-state index contributed by atoms with van der Waals surface area (Å²) in [5.41, 5.74) is 0.784. The number of nitrogens with zero attached hydrogens (tertiary/aromatic N) is 2. The molecule has 0 saturated carbocycles. The summed E-state index contributed by atoms with van der Waals surface area (Å²) in [6.45, 7) is 0.888. The molecule has 0 bridgehead atoms. The Morgan fingerprint density at radius 3 is 3.20 bits per heavy atom. The third-order valence-corrected chi connectivity index (χ3v) is 1.93. The fourth-order valence-electron chi connectivity index (χ4n) is 1.38. The number of fused-ring (bicyclic) bond motifs is 1. The first-order chi connectivity index (χ1) is 4.88. The van der Waals surface area contributed by atoms with E-state index in [1.54, 1.807) is 4.68 Å². The minimum absolute atomic E-state index is 0.139. The van der Waals surface area contributed by atoms with Gasteiger partial charge in [-0.25, -0.2) is 4.39 Å². The van der Waals surface area contributed by atoms with Gasteiger partial charge in [0.15, 0.2) is 5.82 Å². The largest absolute Gasteiger partial charge is 0.267 e. The van der Waals surface area contributed by atoms with Gasteiger partial charge in [-0.05, 0) is 19.3 Å². The minimum atomic E-state index is -0.139. The minimum Gasteiger partial charge on any atom is -0.267 e. The van der Waals surface area contributed by atoms with Crippen LogP contribution in [0.1, 0.15) is 18.5 Å². The molecule has 0 saturated heterocycles. The predicted octanol–water partition coefficient (Wildman–Crippen LogP) is 1.36. The van der Waals surface area contributed by atoms with Crippen molar-refractivity contribution in [1.82, 2.24) is 9.78 Å². The number of aryl methyl sites for hydroxylation is 1. The van der Waals surface area contributed by atoms with Gasteiger partial charge in [0.25, 0.3) is 0 Å². The van der Waals surface area contributed by atoms with Gasteiger partial charge in [0.1, 0.15) is 0 Å². The molecule has 54 valence electrons. The molecule has 0 amide bonds. The second kappa shape index (κ2) is 2.08. The van der Waals surface area contributed by atoms with E-state index >= 15 is 0 Å². The van der Waals surface area contributed by atoms with E-state index in [9.17, 15) is 4.39 Å². The van der Waals surface area contributed by atoms with Crippen molar-refractivity contribution in [3.63, 3.8) is 0 Å². The van der Waals surface area contributed by atoms with Crippen LogP contribution in [0.25, 0.3) is 0 Å². The molecular weight excluding hydrogens is 131 g/mol. The second-order valence-electron chi connectivity index (χ2n) is 2.62. The summed E-state index contributed by atoms with van der Waals surface area (Å²) in [5.74, 6) is -0.139. The number of halogens is 1. The lowest BCUT2D eigenvalue weighted by Gasteiger charge is -2.11. The van der Waals surface area contributed by atoms with Crippen LogP contribution >= 0.6 is 0 Å². The van der Waals surface area contributed by atoms with Crippen molar-refractivity contribution in [3.8, 4) is 0 Å². The van der Waals surface area contributed by atoms with E-state index in [1.807, 2.05) is 0 Å². The van der Waals surface area contributed by atoms with Crippen LogP contribution in [-0.2, 0) is 13.0 Å². The third-order valence-electron chi connectivity index (χ3n) is 1.93. The third kappa shape index (κ3) is 0.735. The maximum Gasteiger partial charge on any atom is 0.164 e. The highest BCUT2D eigenvalue weighted by atomic mass is 19.1. The molecule has 0 aromatic carbocycles. The predicted molar refractivity (Wildman–Crippen MR) is 35.1 cm³/mol. The van der Waals surface area contributed by atoms with Crippen molar-refractivity contribution in [2.24, 2.45) is 0 Å². The topological polar surface area (TPSA) is 17.8 Å². The average molecular weight is 140 g/mol. The maximum atomic E-state index is 12.7. The molecule has 1 aromatic heterocycles. The Balaban J connectivity index is 2.45. The fraction of sp³-hybridized carbons (Fsp3) is 0.571. The highest BCUT2D eigenvalue weighted by Crippen LogP contribution is 2.15. The summed E-state index contributed by atoms with van der Waals surface area (Å²) in [7, 11) is 0. The summed E-state index contributed by atoms with van der Waals surface area (Å²) in [4.78, 5) is 0. The van der Waals surface area contributed by atoms with E-state index in [4.69, 9.17) is 0 Å². The van der Waals surface area contributed by atoms with E-state index in [2.05, 4.69) is 5.10 Å². The van der Waals surface area contributed by atoms with Crippen LogP contribution in [0.3, 0.4) is 0 Å². The van der Waals surface area contributed by atoms with Gasteiger partial charge in [-0.3, -0.25) is 4.68 Å². The molecule has 0 aliphatic carbocycles. The Labute approximate surface area is 58.7 Å². The number of hydrogen-bond acceptors (Lipinski definition) is 1. The van der Waals surface area contributed by atoms with Gasteiger partial charge in [0.2, 0.25) is 0 Å². The highest BCUT2D eigenvalue weighted by molar-refractivity contribution is 5.05. The van der Waals surface area contributed by atoms with Crippen LogP contribution < -0.4 is 0 Å². The molecule has 0 N–H and O–H groups in total. The van der Waals surface area contributed by atoms with Crippen LogP contribution in [0.5, 0.6) is 0 Å². The van der Waals surface area contributed by atoms with Crippen molar-refractivity contribution in [3.05, 3.63) is 17.7 Å². The monoisotopic (exact) mass is 140 g/mol. The van der Waals surface area contributed by atoms with Crippen LogP contribution in [0, 0.1) is 5.82 Å². The summed E-state index contributed by atoms with van der Waals surface area (Å²) in [6.07, 6.45) is 4.39.